The summed E-state index contributed by atoms with van der Waals surface area (Å²) in [6.45, 7) is 4.00. The quantitative estimate of drug-likeness (QED) is 0.0830. The van der Waals surface area contributed by atoms with E-state index in [1.807, 2.05) is 36.4 Å². The number of hydrogen-bond donors (Lipinski definition) is 6. The third kappa shape index (κ3) is 35.7. The molecule has 54 heavy (non-hydrogen) atoms. The first-order chi connectivity index (χ1) is 25.4. The van der Waals surface area contributed by atoms with Gasteiger partial charge in [-0.15, -0.1) is 0 Å². The summed E-state index contributed by atoms with van der Waals surface area (Å²) >= 11 is 0. The van der Waals surface area contributed by atoms with Crippen molar-refractivity contribution in [1.82, 2.24) is 0 Å². The van der Waals surface area contributed by atoms with Gasteiger partial charge < -0.3 is 40.1 Å². The van der Waals surface area contributed by atoms with Crippen molar-refractivity contribution in [3.05, 3.63) is 182 Å². The molecule has 6 N–H and O–H groups in total. The van der Waals surface area contributed by atoms with Gasteiger partial charge in [0.15, 0.2) is 0 Å². The van der Waals surface area contributed by atoms with Crippen molar-refractivity contribution in [2.45, 2.75) is 25.7 Å². The molecular formula is C44H52LiO8W. The average molecular weight is 900 g/mol. The molecule has 2 fully saturated rings. The van der Waals surface area contributed by atoms with Crippen LogP contribution in [0.25, 0.3) is 0 Å². The van der Waals surface area contributed by atoms with Crippen molar-refractivity contribution in [3.8, 4) is 34.5 Å². The van der Waals surface area contributed by atoms with Crippen molar-refractivity contribution in [2.75, 3.05) is 26.4 Å². The first-order valence-electron chi connectivity index (χ1n) is 17.0. The zero-order chi connectivity index (χ0) is 37.7. The average Bonchev–Trinajstić information content (AvgIpc) is 3.96. The van der Waals surface area contributed by atoms with E-state index >= 15 is 0 Å². The van der Waals surface area contributed by atoms with Crippen LogP contribution in [0.1, 0.15) is 25.7 Å². The van der Waals surface area contributed by atoms with Crippen molar-refractivity contribution < 1.29 is 61.2 Å². The fourth-order valence-electron chi connectivity index (χ4n) is 3.59. The van der Waals surface area contributed by atoms with Crippen LogP contribution in [0.15, 0.2) is 182 Å². The maximum absolute atomic E-state index is 8.63. The predicted octanol–water partition coefficient (Wildman–Crippen LogP) is 9.56. The summed E-state index contributed by atoms with van der Waals surface area (Å²) in [5.41, 5.74) is 0. The van der Waals surface area contributed by atoms with Crippen LogP contribution >= 0.6 is 0 Å². The van der Waals surface area contributed by atoms with E-state index in [2.05, 4.69) is 0 Å². The fourth-order valence-corrected chi connectivity index (χ4v) is 3.59. The topological polar surface area (TPSA) is 140 Å². The van der Waals surface area contributed by atoms with Crippen LogP contribution < -0.4 is 0 Å². The second kappa shape index (κ2) is 38.1. The van der Waals surface area contributed by atoms with E-state index < -0.39 is 0 Å². The van der Waals surface area contributed by atoms with Crippen LogP contribution in [-0.4, -0.2) is 75.9 Å². The minimum atomic E-state index is 0. The van der Waals surface area contributed by atoms with Crippen LogP contribution in [0.3, 0.4) is 0 Å². The zero-order valence-corrected chi connectivity index (χ0v) is 33.8. The first kappa shape index (κ1) is 51.4. The van der Waals surface area contributed by atoms with Gasteiger partial charge in [0.1, 0.15) is 34.5 Å². The summed E-state index contributed by atoms with van der Waals surface area (Å²) in [5.74, 6) is 1.93. The summed E-state index contributed by atoms with van der Waals surface area (Å²) in [6.07, 6.45) is 5.11. The maximum Gasteiger partial charge on any atom is 0.115 e. The number of rotatable bonds is 0. The van der Waals surface area contributed by atoms with E-state index in [-0.39, 0.29) is 39.9 Å². The molecule has 0 spiro atoms. The number of phenols is 6. The molecule has 10 heteroatoms. The normalized spacial score (nSPS) is 11.1. The Bertz CT molecular complexity index is 1250. The Morgan fingerprint density at radius 1 is 0.259 bits per heavy atom. The molecule has 0 atom stereocenters. The van der Waals surface area contributed by atoms with Gasteiger partial charge in [0.25, 0.3) is 0 Å². The molecule has 2 aliphatic rings. The monoisotopic (exact) mass is 899 g/mol. The predicted molar refractivity (Wildman–Crippen MR) is 215 cm³/mol. The smallest absolute Gasteiger partial charge is 0.115 e. The van der Waals surface area contributed by atoms with Crippen molar-refractivity contribution in [3.63, 3.8) is 0 Å². The van der Waals surface area contributed by atoms with Gasteiger partial charge in [0, 0.05) is 66.4 Å². The van der Waals surface area contributed by atoms with Crippen LogP contribution in [0, 0.1) is 0 Å². The van der Waals surface area contributed by atoms with E-state index in [0.29, 0.717) is 34.5 Å². The number of phenolic OH excluding ortho intramolecular Hbond substituents is 6. The standard InChI is InChI=1S/6C6H6O.2C4H8O.Li.W/c6*7-6-4-2-1-3-5-6;2*1-2-4-5-3-1;;/h6*1-5,7H;2*1-4H2;;. The molecule has 6 aromatic rings. The number of hydrogen-bond acceptors (Lipinski definition) is 8. The molecule has 0 saturated carbocycles. The molecule has 0 amide bonds. The van der Waals surface area contributed by atoms with Gasteiger partial charge in [-0.2, -0.15) is 0 Å². The molecule has 2 heterocycles. The molecule has 2 aliphatic heterocycles. The fraction of sp³-hybridized carbons (Fsp3) is 0.182. The van der Waals surface area contributed by atoms with E-state index in [4.69, 9.17) is 40.1 Å². The van der Waals surface area contributed by atoms with Crippen molar-refractivity contribution in [1.29, 1.82) is 0 Å². The molecule has 0 aliphatic carbocycles. The van der Waals surface area contributed by atoms with Gasteiger partial charge in [-0.05, 0) is 98.5 Å². The van der Waals surface area contributed by atoms with Crippen LogP contribution in [0.5, 0.6) is 34.5 Å². The Morgan fingerprint density at radius 3 is 0.444 bits per heavy atom. The molecule has 8 nitrogen and oxygen atoms in total. The zero-order valence-electron chi connectivity index (χ0n) is 30.9. The van der Waals surface area contributed by atoms with Gasteiger partial charge in [0.05, 0.1) is 0 Å². The van der Waals surface area contributed by atoms with Gasteiger partial charge in [-0.25, -0.2) is 0 Å². The Kier molecular flexibility index (Phi) is 36.3. The minimum absolute atomic E-state index is 0. The Hall–Kier alpha value is -4.67. The maximum atomic E-state index is 8.63. The number of aromatic hydroxyl groups is 6. The number of benzene rings is 6. The summed E-state index contributed by atoms with van der Waals surface area (Å²) in [5, 5.41) is 51.8. The number of para-hydroxylation sites is 6. The summed E-state index contributed by atoms with van der Waals surface area (Å²) in [7, 11) is 0. The minimum Gasteiger partial charge on any atom is -0.508 e. The summed E-state index contributed by atoms with van der Waals surface area (Å²) < 4.78 is 9.89. The Balaban J connectivity index is 0. The summed E-state index contributed by atoms with van der Waals surface area (Å²) in [6, 6.07) is 52.3. The number of ether oxygens (including phenoxy) is 2. The second-order valence-electron chi connectivity index (χ2n) is 10.7. The Labute approximate surface area is 346 Å². The molecule has 8 rings (SSSR count). The molecule has 6 aromatic carbocycles. The van der Waals surface area contributed by atoms with Gasteiger partial charge >= 0.3 is 0 Å². The molecule has 0 aromatic heterocycles. The second-order valence-corrected chi connectivity index (χ2v) is 10.7. The van der Waals surface area contributed by atoms with Crippen LogP contribution in [0.2, 0.25) is 0 Å². The SMILES string of the molecule is C1CCOC1.C1CCOC1.Oc1ccccc1.Oc1ccccc1.Oc1ccccc1.Oc1ccccc1.Oc1ccccc1.Oc1ccccc1.[Li].[W]. The van der Waals surface area contributed by atoms with Gasteiger partial charge in [-0.3, -0.25) is 0 Å². The third-order valence-electron chi connectivity index (χ3n) is 6.19. The molecular weight excluding hydrogens is 847 g/mol. The van der Waals surface area contributed by atoms with E-state index in [9.17, 15) is 0 Å². The van der Waals surface area contributed by atoms with E-state index in [1.54, 1.807) is 146 Å². The van der Waals surface area contributed by atoms with Crippen molar-refractivity contribution >= 4 is 18.9 Å². The molecule has 0 bridgehead atoms. The molecule has 0 unspecified atom stereocenters. The summed E-state index contributed by atoms with van der Waals surface area (Å²) in [4.78, 5) is 0. The van der Waals surface area contributed by atoms with Crippen LogP contribution in [-0.2, 0) is 30.5 Å². The third-order valence-corrected chi connectivity index (χ3v) is 6.19. The van der Waals surface area contributed by atoms with Gasteiger partial charge in [0.2, 0.25) is 0 Å². The molecule has 283 valence electrons. The molecule has 2 saturated heterocycles. The van der Waals surface area contributed by atoms with Crippen LogP contribution in [0.4, 0.5) is 0 Å². The largest absolute Gasteiger partial charge is 0.508 e. The molecule has 1 radical (unpaired) electrons. The first-order valence-corrected chi connectivity index (χ1v) is 17.0. The van der Waals surface area contributed by atoms with E-state index in [0.717, 1.165) is 26.4 Å². The van der Waals surface area contributed by atoms with E-state index in [1.165, 1.54) is 25.7 Å². The Morgan fingerprint density at radius 2 is 0.389 bits per heavy atom. The van der Waals surface area contributed by atoms with Crippen molar-refractivity contribution in [2.24, 2.45) is 0 Å². The van der Waals surface area contributed by atoms with Gasteiger partial charge in [-0.1, -0.05) is 109 Å².